The molecule has 3 atom stereocenters. The number of nitrogens with zero attached hydrogens (tertiary/aromatic N) is 1. The van der Waals surface area contributed by atoms with Gasteiger partial charge in [0.2, 0.25) is 0 Å². The van der Waals surface area contributed by atoms with Crippen LogP contribution in [0.25, 0.3) is 0 Å². The number of rotatable bonds is 2. The van der Waals surface area contributed by atoms with Crippen molar-refractivity contribution in [3.63, 3.8) is 0 Å². The van der Waals surface area contributed by atoms with E-state index in [2.05, 4.69) is 10.3 Å². The SMILES string of the molecule is Cc1nc(N)sc1C(=O)N[C@H]1CC[C@@H]2CCC[C@@H]21. The number of fused-ring (bicyclic) bond motifs is 1. The van der Waals surface area contributed by atoms with Gasteiger partial charge in [-0.2, -0.15) is 0 Å². The van der Waals surface area contributed by atoms with Crippen LogP contribution >= 0.6 is 11.3 Å². The number of hydrogen-bond donors (Lipinski definition) is 2. The van der Waals surface area contributed by atoms with Crippen molar-refractivity contribution in [1.82, 2.24) is 10.3 Å². The number of anilines is 1. The number of aromatic nitrogens is 1. The van der Waals surface area contributed by atoms with Gasteiger partial charge in [0.05, 0.1) is 5.69 Å². The first-order valence-corrected chi connectivity index (χ1v) is 7.50. The van der Waals surface area contributed by atoms with Gasteiger partial charge in [0.15, 0.2) is 5.13 Å². The molecule has 0 aromatic carbocycles. The third-order valence-electron chi connectivity index (χ3n) is 4.42. The fraction of sp³-hybridized carbons (Fsp3) is 0.692. The molecule has 1 aromatic rings. The first-order chi connectivity index (χ1) is 8.65. The average molecular weight is 265 g/mol. The Morgan fingerprint density at radius 2 is 2.22 bits per heavy atom. The number of nitrogen functional groups attached to an aromatic ring is 1. The number of amides is 1. The average Bonchev–Trinajstić information content (AvgIpc) is 2.96. The van der Waals surface area contributed by atoms with Gasteiger partial charge < -0.3 is 11.1 Å². The van der Waals surface area contributed by atoms with Crippen LogP contribution in [0.3, 0.4) is 0 Å². The Kier molecular flexibility index (Phi) is 3.01. The fourth-order valence-corrected chi connectivity index (χ4v) is 4.34. The van der Waals surface area contributed by atoms with Crippen LogP contribution in [0, 0.1) is 18.8 Å². The van der Waals surface area contributed by atoms with Crippen LogP contribution in [0.2, 0.25) is 0 Å². The van der Waals surface area contributed by atoms with E-state index in [1.807, 2.05) is 6.92 Å². The standard InChI is InChI=1S/C13H19N3OS/c1-7-11(18-13(14)15-7)12(17)16-10-6-5-8-3-2-4-9(8)10/h8-10H,2-6H2,1H3,(H2,14,15)(H,16,17)/t8-,9-,10-/m0/s1. The van der Waals surface area contributed by atoms with Gasteiger partial charge in [-0.3, -0.25) is 4.79 Å². The number of thiazole rings is 1. The van der Waals surface area contributed by atoms with Crippen molar-refractivity contribution in [2.45, 2.75) is 45.1 Å². The van der Waals surface area contributed by atoms with Crippen molar-refractivity contribution in [3.05, 3.63) is 10.6 Å². The van der Waals surface area contributed by atoms with Crippen molar-refractivity contribution >= 4 is 22.4 Å². The third-order valence-corrected chi connectivity index (χ3v) is 5.40. The molecule has 0 bridgehead atoms. The summed E-state index contributed by atoms with van der Waals surface area (Å²) < 4.78 is 0. The zero-order valence-electron chi connectivity index (χ0n) is 10.6. The molecule has 1 heterocycles. The Bertz CT molecular complexity index is 471. The summed E-state index contributed by atoms with van der Waals surface area (Å²) in [5.74, 6) is 1.57. The number of nitrogens with two attached hydrogens (primary N) is 1. The van der Waals surface area contributed by atoms with Crippen LogP contribution in [0.15, 0.2) is 0 Å². The highest BCUT2D eigenvalue weighted by molar-refractivity contribution is 7.17. The lowest BCUT2D eigenvalue weighted by Crippen LogP contribution is -2.37. The number of carbonyl (C=O) groups is 1. The summed E-state index contributed by atoms with van der Waals surface area (Å²) in [5, 5.41) is 3.67. The maximum atomic E-state index is 12.2. The normalized spacial score (nSPS) is 30.4. The zero-order valence-corrected chi connectivity index (χ0v) is 11.4. The largest absolute Gasteiger partial charge is 0.375 e. The molecule has 2 saturated carbocycles. The molecule has 2 aliphatic rings. The molecule has 0 radical (unpaired) electrons. The van der Waals surface area contributed by atoms with E-state index in [1.54, 1.807) is 0 Å². The molecule has 0 spiro atoms. The molecule has 2 fully saturated rings. The second kappa shape index (κ2) is 4.53. The van der Waals surface area contributed by atoms with Crippen LogP contribution in [-0.2, 0) is 0 Å². The van der Waals surface area contributed by atoms with Crippen LogP contribution < -0.4 is 11.1 Å². The summed E-state index contributed by atoms with van der Waals surface area (Å²) in [4.78, 5) is 17.0. The summed E-state index contributed by atoms with van der Waals surface area (Å²) >= 11 is 1.29. The predicted octanol–water partition coefficient (Wildman–Crippen LogP) is 2.34. The smallest absolute Gasteiger partial charge is 0.263 e. The second-order valence-electron chi connectivity index (χ2n) is 5.48. The lowest BCUT2D eigenvalue weighted by atomic mass is 9.97. The fourth-order valence-electron chi connectivity index (χ4n) is 3.60. The first-order valence-electron chi connectivity index (χ1n) is 6.69. The van der Waals surface area contributed by atoms with Gasteiger partial charge in [-0.1, -0.05) is 24.2 Å². The summed E-state index contributed by atoms with van der Waals surface area (Å²) in [6.45, 7) is 1.84. The van der Waals surface area contributed by atoms with E-state index in [9.17, 15) is 4.79 Å². The molecule has 0 unspecified atom stereocenters. The topological polar surface area (TPSA) is 68.0 Å². The number of aryl methyl sites for hydroxylation is 1. The van der Waals surface area contributed by atoms with Gasteiger partial charge in [-0.05, 0) is 38.0 Å². The summed E-state index contributed by atoms with van der Waals surface area (Å²) in [6, 6.07) is 0.368. The minimum atomic E-state index is 0.0132. The summed E-state index contributed by atoms with van der Waals surface area (Å²) in [6.07, 6.45) is 6.37. The van der Waals surface area contributed by atoms with Gasteiger partial charge in [0.1, 0.15) is 4.88 Å². The van der Waals surface area contributed by atoms with E-state index >= 15 is 0 Å². The molecular weight excluding hydrogens is 246 g/mol. The van der Waals surface area contributed by atoms with Crippen LogP contribution in [0.1, 0.15) is 47.5 Å². The highest BCUT2D eigenvalue weighted by atomic mass is 32.1. The predicted molar refractivity (Wildman–Crippen MR) is 72.6 cm³/mol. The molecule has 4 nitrogen and oxygen atoms in total. The third kappa shape index (κ3) is 2.00. The molecule has 0 saturated heterocycles. The highest BCUT2D eigenvalue weighted by Gasteiger charge is 2.39. The highest BCUT2D eigenvalue weighted by Crippen LogP contribution is 2.44. The van der Waals surface area contributed by atoms with Gasteiger partial charge in [0, 0.05) is 6.04 Å². The first kappa shape index (κ1) is 12.0. The molecule has 18 heavy (non-hydrogen) atoms. The Hall–Kier alpha value is -1.10. The van der Waals surface area contributed by atoms with E-state index in [0.29, 0.717) is 22.0 Å². The molecule has 5 heteroatoms. The molecule has 2 aliphatic carbocycles. The molecule has 1 amide bonds. The van der Waals surface area contributed by atoms with Crippen molar-refractivity contribution in [3.8, 4) is 0 Å². The van der Waals surface area contributed by atoms with E-state index in [1.165, 1.54) is 37.0 Å². The zero-order chi connectivity index (χ0) is 12.7. The van der Waals surface area contributed by atoms with Crippen molar-refractivity contribution < 1.29 is 4.79 Å². The van der Waals surface area contributed by atoms with E-state index in [-0.39, 0.29) is 5.91 Å². The maximum absolute atomic E-state index is 12.2. The lowest BCUT2D eigenvalue weighted by Gasteiger charge is -2.19. The van der Waals surface area contributed by atoms with Crippen LogP contribution in [0.5, 0.6) is 0 Å². The second-order valence-corrected chi connectivity index (χ2v) is 6.51. The Morgan fingerprint density at radius 1 is 1.39 bits per heavy atom. The van der Waals surface area contributed by atoms with Crippen LogP contribution in [0.4, 0.5) is 5.13 Å². The van der Waals surface area contributed by atoms with Gasteiger partial charge in [-0.15, -0.1) is 0 Å². The van der Waals surface area contributed by atoms with Gasteiger partial charge in [-0.25, -0.2) is 4.98 Å². The number of hydrogen-bond acceptors (Lipinski definition) is 4. The van der Waals surface area contributed by atoms with Gasteiger partial charge in [0.25, 0.3) is 5.91 Å². The molecule has 0 aliphatic heterocycles. The van der Waals surface area contributed by atoms with E-state index in [4.69, 9.17) is 5.73 Å². The van der Waals surface area contributed by atoms with Crippen molar-refractivity contribution in [2.24, 2.45) is 11.8 Å². The van der Waals surface area contributed by atoms with Crippen molar-refractivity contribution in [1.29, 1.82) is 0 Å². The molecule has 3 N–H and O–H groups in total. The monoisotopic (exact) mass is 265 g/mol. The Balaban J connectivity index is 1.69. The minimum Gasteiger partial charge on any atom is -0.375 e. The lowest BCUT2D eigenvalue weighted by molar-refractivity contribution is 0.0930. The van der Waals surface area contributed by atoms with E-state index < -0.39 is 0 Å². The maximum Gasteiger partial charge on any atom is 0.263 e. The van der Waals surface area contributed by atoms with Crippen LogP contribution in [-0.4, -0.2) is 16.9 Å². The quantitative estimate of drug-likeness (QED) is 0.862. The van der Waals surface area contributed by atoms with Gasteiger partial charge >= 0.3 is 0 Å². The molecule has 98 valence electrons. The molecule has 3 rings (SSSR count). The Labute approximate surface area is 111 Å². The minimum absolute atomic E-state index is 0.0132. The summed E-state index contributed by atoms with van der Waals surface area (Å²) in [5.41, 5.74) is 6.38. The van der Waals surface area contributed by atoms with Crippen molar-refractivity contribution in [2.75, 3.05) is 5.73 Å². The Morgan fingerprint density at radius 3 is 2.94 bits per heavy atom. The van der Waals surface area contributed by atoms with E-state index in [0.717, 1.165) is 18.0 Å². The number of nitrogens with one attached hydrogen (secondary N) is 1. The summed E-state index contributed by atoms with van der Waals surface area (Å²) in [7, 11) is 0. The molecule has 1 aromatic heterocycles. The number of carbonyl (C=O) groups excluding carboxylic acids is 1. The molecular formula is C13H19N3OS.